The Hall–Kier alpha value is -0.670. The first-order valence-corrected chi connectivity index (χ1v) is 4.46. The molecule has 0 aliphatic heterocycles. The summed E-state index contributed by atoms with van der Waals surface area (Å²) in [7, 11) is 0. The number of fused-ring (bicyclic) bond motifs is 1. The van der Waals surface area contributed by atoms with Crippen LogP contribution in [0.3, 0.4) is 0 Å². The molecule has 2 heterocycles. The van der Waals surface area contributed by atoms with Gasteiger partial charge in [-0.1, -0.05) is 22.9 Å². The Balaban J connectivity index is 2.87. The van der Waals surface area contributed by atoms with Gasteiger partial charge in [0.2, 0.25) is 5.69 Å². The Labute approximate surface area is 73.1 Å². The summed E-state index contributed by atoms with van der Waals surface area (Å²) < 4.78 is 1.84. The van der Waals surface area contributed by atoms with Gasteiger partial charge in [0.25, 0.3) is 4.83 Å². The highest BCUT2D eigenvalue weighted by Gasteiger charge is 2.10. The van der Waals surface area contributed by atoms with E-state index in [2.05, 4.69) is 10.5 Å². The Morgan fingerprint density at radius 3 is 3.18 bits per heavy atom. The van der Waals surface area contributed by atoms with Crippen LogP contribution < -0.4 is 4.52 Å². The highest BCUT2D eigenvalue weighted by molar-refractivity contribution is 7.15. The zero-order chi connectivity index (χ0) is 7.84. The van der Waals surface area contributed by atoms with Crippen molar-refractivity contribution in [2.24, 2.45) is 0 Å². The van der Waals surface area contributed by atoms with E-state index in [1.165, 1.54) is 0 Å². The second kappa shape index (κ2) is 2.43. The van der Waals surface area contributed by atoms with Gasteiger partial charge in [0.05, 0.1) is 5.38 Å². The number of hydrogen-bond donors (Lipinski definition) is 0. The summed E-state index contributed by atoms with van der Waals surface area (Å²) >= 11 is 7.38. The lowest BCUT2D eigenvalue weighted by Gasteiger charge is -1.81. The standard InChI is InChI=1S/C7H6ClN2S/c1-5-4-11-7-3-2-6(8)9-10(5)7/h2-4H,1H3/q+1. The predicted molar refractivity (Wildman–Crippen MR) is 45.0 cm³/mol. The van der Waals surface area contributed by atoms with Crippen molar-refractivity contribution in [1.29, 1.82) is 0 Å². The van der Waals surface area contributed by atoms with Gasteiger partial charge >= 0.3 is 0 Å². The number of nitrogens with zero attached hydrogens (tertiary/aromatic N) is 2. The van der Waals surface area contributed by atoms with Crippen LogP contribution in [0.5, 0.6) is 0 Å². The smallest absolute Gasteiger partial charge is 0.0679 e. The minimum atomic E-state index is 0.531. The first-order valence-electron chi connectivity index (χ1n) is 3.20. The molecule has 0 aliphatic rings. The van der Waals surface area contributed by atoms with Crippen LogP contribution in [0.1, 0.15) is 5.69 Å². The van der Waals surface area contributed by atoms with Crippen molar-refractivity contribution >= 4 is 27.8 Å². The molecule has 11 heavy (non-hydrogen) atoms. The van der Waals surface area contributed by atoms with Crippen molar-refractivity contribution in [3.05, 3.63) is 28.4 Å². The van der Waals surface area contributed by atoms with Gasteiger partial charge in [-0.25, -0.2) is 0 Å². The monoisotopic (exact) mass is 185 g/mol. The Morgan fingerprint density at radius 2 is 2.36 bits per heavy atom. The van der Waals surface area contributed by atoms with Gasteiger partial charge in [-0.2, -0.15) is 0 Å². The largest absolute Gasteiger partial charge is 0.294 e. The van der Waals surface area contributed by atoms with Gasteiger partial charge in [-0.15, -0.1) is 0 Å². The second-order valence-electron chi connectivity index (χ2n) is 2.28. The minimum absolute atomic E-state index is 0.531. The zero-order valence-electron chi connectivity index (χ0n) is 5.91. The van der Waals surface area contributed by atoms with Gasteiger partial charge in [0.15, 0.2) is 5.15 Å². The lowest BCUT2D eigenvalue weighted by Crippen LogP contribution is -2.26. The zero-order valence-corrected chi connectivity index (χ0v) is 7.49. The summed E-state index contributed by atoms with van der Waals surface area (Å²) in [5.74, 6) is 0. The summed E-state index contributed by atoms with van der Waals surface area (Å²) in [5, 5.41) is 6.71. The summed E-state index contributed by atoms with van der Waals surface area (Å²) in [6, 6.07) is 3.76. The van der Waals surface area contributed by atoms with Crippen molar-refractivity contribution in [3.63, 3.8) is 0 Å². The van der Waals surface area contributed by atoms with E-state index >= 15 is 0 Å². The van der Waals surface area contributed by atoms with E-state index in [1.54, 1.807) is 17.4 Å². The van der Waals surface area contributed by atoms with E-state index in [0.717, 1.165) is 10.5 Å². The van der Waals surface area contributed by atoms with Crippen LogP contribution in [0.25, 0.3) is 4.83 Å². The molecule has 56 valence electrons. The molecule has 0 bridgehead atoms. The minimum Gasteiger partial charge on any atom is -0.0679 e. The van der Waals surface area contributed by atoms with Crippen molar-refractivity contribution in [1.82, 2.24) is 5.10 Å². The molecule has 0 saturated carbocycles. The molecule has 0 aliphatic carbocycles. The molecule has 0 amide bonds. The van der Waals surface area contributed by atoms with E-state index in [0.29, 0.717) is 5.15 Å². The van der Waals surface area contributed by atoms with E-state index in [-0.39, 0.29) is 0 Å². The number of hydrogen-bond acceptors (Lipinski definition) is 2. The molecule has 0 atom stereocenters. The Bertz CT molecular complexity index is 396. The van der Waals surface area contributed by atoms with E-state index in [1.807, 2.05) is 17.5 Å². The van der Waals surface area contributed by atoms with Gasteiger partial charge in [-0.3, -0.25) is 0 Å². The van der Waals surface area contributed by atoms with Crippen LogP contribution in [0, 0.1) is 6.92 Å². The van der Waals surface area contributed by atoms with Crippen molar-refractivity contribution in [2.45, 2.75) is 6.92 Å². The van der Waals surface area contributed by atoms with Crippen LogP contribution >= 0.6 is 22.9 Å². The maximum atomic E-state index is 5.72. The molecular formula is C7H6ClN2S+. The summed E-state index contributed by atoms with van der Waals surface area (Å²) in [6.45, 7) is 2.01. The number of aromatic nitrogens is 2. The first-order chi connectivity index (χ1) is 5.27. The molecule has 0 N–H and O–H groups in total. The van der Waals surface area contributed by atoms with Crippen LogP contribution in [-0.4, -0.2) is 5.10 Å². The number of aryl methyl sites for hydroxylation is 1. The maximum Gasteiger partial charge on any atom is 0.294 e. The molecule has 0 saturated heterocycles. The van der Waals surface area contributed by atoms with Crippen molar-refractivity contribution < 1.29 is 4.52 Å². The normalized spacial score (nSPS) is 10.7. The highest BCUT2D eigenvalue weighted by atomic mass is 35.5. The van der Waals surface area contributed by atoms with Crippen LogP contribution in [0.2, 0.25) is 5.15 Å². The molecule has 0 fully saturated rings. The first kappa shape index (κ1) is 7.00. The van der Waals surface area contributed by atoms with E-state index in [4.69, 9.17) is 11.6 Å². The quantitative estimate of drug-likeness (QED) is 0.573. The fourth-order valence-corrected chi connectivity index (χ4v) is 1.89. The highest BCUT2D eigenvalue weighted by Crippen LogP contribution is 2.09. The third kappa shape index (κ3) is 1.10. The molecule has 2 rings (SSSR count). The molecule has 0 unspecified atom stereocenters. The molecule has 2 nitrogen and oxygen atoms in total. The van der Waals surface area contributed by atoms with Gasteiger partial charge in [0.1, 0.15) is 0 Å². The fourth-order valence-electron chi connectivity index (χ4n) is 0.926. The SMILES string of the molecule is Cc1csc2ccc(Cl)n[n+]12. The molecule has 0 radical (unpaired) electrons. The third-order valence-corrected chi connectivity index (χ3v) is 2.66. The van der Waals surface area contributed by atoms with Gasteiger partial charge < -0.3 is 0 Å². The number of thiazole rings is 1. The maximum absolute atomic E-state index is 5.72. The molecule has 0 spiro atoms. The molecule has 2 aromatic rings. The van der Waals surface area contributed by atoms with Crippen LogP contribution in [-0.2, 0) is 0 Å². The molecular weight excluding hydrogens is 180 g/mol. The Kier molecular flexibility index (Phi) is 1.55. The molecule has 2 aromatic heterocycles. The van der Waals surface area contributed by atoms with Crippen molar-refractivity contribution in [3.8, 4) is 0 Å². The molecule has 0 aromatic carbocycles. The van der Waals surface area contributed by atoms with Crippen LogP contribution in [0.4, 0.5) is 0 Å². The summed E-state index contributed by atoms with van der Waals surface area (Å²) in [6.07, 6.45) is 0. The Morgan fingerprint density at radius 1 is 1.55 bits per heavy atom. The summed E-state index contributed by atoms with van der Waals surface area (Å²) in [5.41, 5.74) is 1.12. The average molecular weight is 186 g/mol. The lowest BCUT2D eigenvalue weighted by molar-refractivity contribution is -0.583. The number of halogens is 1. The van der Waals surface area contributed by atoms with Gasteiger partial charge in [-0.05, 0) is 10.6 Å². The van der Waals surface area contributed by atoms with Crippen LogP contribution in [0.15, 0.2) is 17.5 Å². The fraction of sp³-hybridized carbons (Fsp3) is 0.143. The average Bonchev–Trinajstić information content (AvgIpc) is 2.33. The second-order valence-corrected chi connectivity index (χ2v) is 3.56. The van der Waals surface area contributed by atoms with E-state index < -0.39 is 0 Å². The predicted octanol–water partition coefficient (Wildman–Crippen LogP) is 1.84. The third-order valence-electron chi connectivity index (χ3n) is 1.45. The number of rotatable bonds is 0. The molecule has 4 heteroatoms. The lowest BCUT2D eigenvalue weighted by atomic mass is 10.5. The topological polar surface area (TPSA) is 17.0 Å². The summed E-state index contributed by atoms with van der Waals surface area (Å²) in [4.78, 5) is 1.12. The van der Waals surface area contributed by atoms with Crippen molar-refractivity contribution in [2.75, 3.05) is 0 Å². The van der Waals surface area contributed by atoms with Gasteiger partial charge in [0, 0.05) is 18.1 Å². The van der Waals surface area contributed by atoms with E-state index in [9.17, 15) is 0 Å².